The molecule has 2 N–H and O–H groups in total. The highest BCUT2D eigenvalue weighted by atomic mass is 16.5. The molecule has 0 heterocycles. The standard InChI is InChI=1S/C15H25NO2/c1-18-14(17)7-5-3-2-4-6-13-11-8-9-12(10-11)15(13)16/h2,4,11-13,15H,3,5-10,16H2,1H3/t11-,12+,13+,15+/m0/s1. The SMILES string of the molecule is COC(=O)CCCC=CC[C@@H]1[C@H]2CC[C@H](C2)[C@H]1N. The van der Waals surface area contributed by atoms with Crippen LogP contribution >= 0.6 is 0 Å². The Morgan fingerprint density at radius 3 is 2.78 bits per heavy atom. The van der Waals surface area contributed by atoms with Crippen LogP contribution in [-0.2, 0) is 9.53 Å². The summed E-state index contributed by atoms with van der Waals surface area (Å²) in [5.74, 6) is 2.27. The van der Waals surface area contributed by atoms with Crippen LogP contribution in [0, 0.1) is 17.8 Å². The first-order valence-corrected chi connectivity index (χ1v) is 7.19. The number of unbranched alkanes of at least 4 members (excludes halogenated alkanes) is 1. The Morgan fingerprint density at radius 1 is 1.33 bits per heavy atom. The molecule has 2 bridgehead atoms. The molecule has 3 heteroatoms. The zero-order valence-corrected chi connectivity index (χ0v) is 11.3. The second kappa shape index (κ2) is 6.37. The smallest absolute Gasteiger partial charge is 0.305 e. The van der Waals surface area contributed by atoms with Crippen molar-refractivity contribution in [2.45, 2.75) is 51.0 Å². The highest BCUT2D eigenvalue weighted by Crippen LogP contribution is 2.48. The highest BCUT2D eigenvalue weighted by molar-refractivity contribution is 5.68. The van der Waals surface area contributed by atoms with Crippen LogP contribution < -0.4 is 5.73 Å². The number of carbonyl (C=O) groups excluding carboxylic acids is 1. The number of carbonyl (C=O) groups is 1. The normalized spacial score (nSPS) is 34.3. The highest BCUT2D eigenvalue weighted by Gasteiger charge is 2.44. The van der Waals surface area contributed by atoms with E-state index in [1.807, 2.05) is 0 Å². The lowest BCUT2D eigenvalue weighted by atomic mass is 9.83. The van der Waals surface area contributed by atoms with Crippen molar-refractivity contribution >= 4 is 5.97 Å². The predicted octanol–water partition coefficient (Wildman–Crippen LogP) is 2.65. The van der Waals surface area contributed by atoms with Crippen LogP contribution in [0.4, 0.5) is 0 Å². The maximum atomic E-state index is 10.9. The molecule has 0 amide bonds. The minimum atomic E-state index is -0.112. The predicted molar refractivity (Wildman–Crippen MR) is 71.9 cm³/mol. The third kappa shape index (κ3) is 3.14. The van der Waals surface area contributed by atoms with E-state index in [9.17, 15) is 4.79 Å². The summed E-state index contributed by atoms with van der Waals surface area (Å²) in [5, 5.41) is 0. The number of methoxy groups -OCH3 is 1. The maximum absolute atomic E-state index is 10.9. The Hall–Kier alpha value is -0.830. The molecule has 2 aliphatic rings. The van der Waals surface area contributed by atoms with Gasteiger partial charge in [0.15, 0.2) is 0 Å². The van der Waals surface area contributed by atoms with Crippen LogP contribution in [-0.4, -0.2) is 19.1 Å². The molecule has 0 spiro atoms. The van der Waals surface area contributed by atoms with Gasteiger partial charge in [0.2, 0.25) is 0 Å². The lowest BCUT2D eigenvalue weighted by molar-refractivity contribution is -0.140. The van der Waals surface area contributed by atoms with Gasteiger partial charge in [-0.1, -0.05) is 12.2 Å². The van der Waals surface area contributed by atoms with Gasteiger partial charge < -0.3 is 10.5 Å². The number of rotatable bonds is 6. The fourth-order valence-corrected chi connectivity index (χ4v) is 3.64. The molecule has 102 valence electrons. The first kappa shape index (κ1) is 13.6. The molecule has 3 nitrogen and oxygen atoms in total. The van der Waals surface area contributed by atoms with E-state index in [4.69, 9.17) is 5.73 Å². The van der Waals surface area contributed by atoms with E-state index in [-0.39, 0.29) is 5.97 Å². The Bertz CT molecular complexity index is 312. The van der Waals surface area contributed by atoms with Gasteiger partial charge in [0.25, 0.3) is 0 Å². The van der Waals surface area contributed by atoms with Gasteiger partial charge in [-0.05, 0) is 56.3 Å². The van der Waals surface area contributed by atoms with Crippen LogP contribution in [0.15, 0.2) is 12.2 Å². The second-order valence-electron chi connectivity index (χ2n) is 5.75. The molecule has 2 fully saturated rings. The zero-order chi connectivity index (χ0) is 13.0. The fourth-order valence-electron chi connectivity index (χ4n) is 3.64. The van der Waals surface area contributed by atoms with Crippen molar-refractivity contribution in [1.82, 2.24) is 0 Å². The van der Waals surface area contributed by atoms with Crippen LogP contribution in [0.2, 0.25) is 0 Å². The molecule has 18 heavy (non-hydrogen) atoms. The molecule has 0 aromatic carbocycles. The molecule has 0 aromatic rings. The van der Waals surface area contributed by atoms with Crippen LogP contribution in [0.3, 0.4) is 0 Å². The Labute approximate surface area is 110 Å². The average Bonchev–Trinajstić information content (AvgIpc) is 2.95. The van der Waals surface area contributed by atoms with Crippen molar-refractivity contribution in [3.63, 3.8) is 0 Å². The third-order valence-electron chi connectivity index (χ3n) is 4.71. The minimum Gasteiger partial charge on any atom is -0.469 e. The number of hydrogen-bond acceptors (Lipinski definition) is 3. The molecule has 2 saturated carbocycles. The molecular weight excluding hydrogens is 226 g/mol. The molecule has 0 unspecified atom stereocenters. The van der Waals surface area contributed by atoms with Crippen LogP contribution in [0.1, 0.15) is 44.9 Å². The Balaban J connectivity index is 1.61. The summed E-state index contributed by atoms with van der Waals surface area (Å²) in [7, 11) is 1.44. The van der Waals surface area contributed by atoms with Crippen molar-refractivity contribution in [1.29, 1.82) is 0 Å². The largest absolute Gasteiger partial charge is 0.469 e. The summed E-state index contributed by atoms with van der Waals surface area (Å²) in [6.45, 7) is 0. The summed E-state index contributed by atoms with van der Waals surface area (Å²) in [6.07, 6.45) is 12.1. The summed E-state index contributed by atoms with van der Waals surface area (Å²) in [4.78, 5) is 10.9. The first-order valence-electron chi connectivity index (χ1n) is 7.19. The lowest BCUT2D eigenvalue weighted by Gasteiger charge is -2.27. The minimum absolute atomic E-state index is 0.112. The molecule has 2 rings (SSSR count). The lowest BCUT2D eigenvalue weighted by Crippen LogP contribution is -2.35. The first-order chi connectivity index (χ1) is 8.72. The van der Waals surface area contributed by atoms with Crippen molar-refractivity contribution < 1.29 is 9.53 Å². The van der Waals surface area contributed by atoms with Crippen molar-refractivity contribution in [2.75, 3.05) is 7.11 Å². The molecular formula is C15H25NO2. The van der Waals surface area contributed by atoms with Gasteiger partial charge in [-0.3, -0.25) is 4.79 Å². The fraction of sp³-hybridized carbons (Fsp3) is 0.800. The van der Waals surface area contributed by atoms with Gasteiger partial charge in [0.1, 0.15) is 0 Å². The maximum Gasteiger partial charge on any atom is 0.305 e. The molecule has 4 atom stereocenters. The van der Waals surface area contributed by atoms with E-state index in [0.717, 1.165) is 31.1 Å². The van der Waals surface area contributed by atoms with Crippen molar-refractivity contribution in [2.24, 2.45) is 23.5 Å². The van der Waals surface area contributed by atoms with E-state index in [0.29, 0.717) is 18.4 Å². The molecule has 0 aliphatic heterocycles. The summed E-state index contributed by atoms with van der Waals surface area (Å²) in [5.41, 5.74) is 6.27. The van der Waals surface area contributed by atoms with E-state index < -0.39 is 0 Å². The van der Waals surface area contributed by atoms with Crippen molar-refractivity contribution in [3.05, 3.63) is 12.2 Å². The van der Waals surface area contributed by atoms with E-state index in [1.165, 1.54) is 26.4 Å². The van der Waals surface area contributed by atoms with Gasteiger partial charge in [0, 0.05) is 12.5 Å². The second-order valence-corrected chi connectivity index (χ2v) is 5.75. The van der Waals surface area contributed by atoms with Gasteiger partial charge >= 0.3 is 5.97 Å². The quantitative estimate of drug-likeness (QED) is 0.448. The van der Waals surface area contributed by atoms with E-state index in [1.54, 1.807) is 0 Å². The molecule has 0 saturated heterocycles. The zero-order valence-electron chi connectivity index (χ0n) is 11.3. The molecule has 2 aliphatic carbocycles. The number of esters is 1. The summed E-state index contributed by atoms with van der Waals surface area (Å²) in [6, 6.07) is 0.434. The number of fused-ring (bicyclic) bond motifs is 2. The van der Waals surface area contributed by atoms with Gasteiger partial charge in [-0.15, -0.1) is 0 Å². The topological polar surface area (TPSA) is 52.3 Å². The number of ether oxygens (including phenoxy) is 1. The van der Waals surface area contributed by atoms with E-state index >= 15 is 0 Å². The average molecular weight is 251 g/mol. The summed E-state index contributed by atoms with van der Waals surface area (Å²) >= 11 is 0. The molecule has 0 aromatic heterocycles. The Morgan fingerprint density at radius 2 is 2.11 bits per heavy atom. The number of allylic oxidation sites excluding steroid dienone is 2. The Kier molecular flexibility index (Phi) is 4.81. The van der Waals surface area contributed by atoms with Crippen LogP contribution in [0.25, 0.3) is 0 Å². The summed E-state index contributed by atoms with van der Waals surface area (Å²) < 4.78 is 4.61. The monoisotopic (exact) mass is 251 g/mol. The number of nitrogens with two attached hydrogens (primary N) is 1. The van der Waals surface area contributed by atoms with E-state index in [2.05, 4.69) is 16.9 Å². The van der Waals surface area contributed by atoms with Crippen molar-refractivity contribution in [3.8, 4) is 0 Å². The van der Waals surface area contributed by atoms with Gasteiger partial charge in [-0.25, -0.2) is 0 Å². The number of hydrogen-bond donors (Lipinski definition) is 1. The third-order valence-corrected chi connectivity index (χ3v) is 4.71. The van der Waals surface area contributed by atoms with Gasteiger partial charge in [-0.2, -0.15) is 0 Å². The molecule has 0 radical (unpaired) electrons. The van der Waals surface area contributed by atoms with Crippen LogP contribution in [0.5, 0.6) is 0 Å². The van der Waals surface area contributed by atoms with Gasteiger partial charge in [0.05, 0.1) is 7.11 Å².